The summed E-state index contributed by atoms with van der Waals surface area (Å²) in [5, 5.41) is 7.29. The van der Waals surface area contributed by atoms with Crippen molar-refractivity contribution in [2.75, 3.05) is 24.3 Å². The Morgan fingerprint density at radius 3 is 2.52 bits per heavy atom. The van der Waals surface area contributed by atoms with Gasteiger partial charge in [-0.2, -0.15) is 4.98 Å². The molecule has 0 aliphatic carbocycles. The third kappa shape index (κ3) is 4.12. The van der Waals surface area contributed by atoms with Crippen molar-refractivity contribution in [1.82, 2.24) is 15.3 Å². The van der Waals surface area contributed by atoms with Crippen molar-refractivity contribution in [1.29, 1.82) is 0 Å². The molecule has 0 spiro atoms. The summed E-state index contributed by atoms with van der Waals surface area (Å²) >= 11 is 0. The predicted molar refractivity (Wildman–Crippen MR) is 92.6 cm³/mol. The molecule has 0 unspecified atom stereocenters. The molecule has 23 heavy (non-hydrogen) atoms. The molecule has 1 atom stereocenters. The van der Waals surface area contributed by atoms with Crippen molar-refractivity contribution in [3.05, 3.63) is 11.8 Å². The van der Waals surface area contributed by atoms with Crippen molar-refractivity contribution in [2.45, 2.75) is 70.0 Å². The molecule has 0 radical (unpaired) electrons. The highest BCUT2D eigenvalue weighted by Crippen LogP contribution is 2.31. The molecule has 6 nitrogen and oxygen atoms in total. The zero-order valence-corrected chi connectivity index (χ0v) is 14.6. The first kappa shape index (κ1) is 16.5. The number of nitrogen functional groups attached to an aromatic ring is 1. The average Bonchev–Trinajstić information content (AvgIpc) is 2.87. The average molecular weight is 319 g/mol. The molecule has 0 amide bonds. The van der Waals surface area contributed by atoms with Crippen molar-refractivity contribution in [3.8, 4) is 0 Å². The highest BCUT2D eigenvalue weighted by molar-refractivity contribution is 5.43. The van der Waals surface area contributed by atoms with Crippen LogP contribution in [0.5, 0.6) is 0 Å². The molecule has 4 N–H and O–H groups in total. The maximum atomic E-state index is 5.92. The fourth-order valence-electron chi connectivity index (χ4n) is 4.17. The zero-order chi connectivity index (χ0) is 16.7. The summed E-state index contributed by atoms with van der Waals surface area (Å²) in [6.07, 6.45) is 3.09. The third-order valence-corrected chi connectivity index (χ3v) is 4.65. The van der Waals surface area contributed by atoms with E-state index in [1.807, 2.05) is 6.07 Å². The second kappa shape index (κ2) is 5.91. The van der Waals surface area contributed by atoms with Gasteiger partial charge in [-0.15, -0.1) is 0 Å². The molecule has 2 fully saturated rings. The number of nitrogens with two attached hydrogens (primary N) is 1. The van der Waals surface area contributed by atoms with Crippen LogP contribution in [0.4, 0.5) is 11.8 Å². The summed E-state index contributed by atoms with van der Waals surface area (Å²) < 4.78 is 5.47. The van der Waals surface area contributed by atoms with Crippen LogP contribution in [0.2, 0.25) is 0 Å². The van der Waals surface area contributed by atoms with Crippen LogP contribution in [0.3, 0.4) is 0 Å². The number of hydrogen-bond acceptors (Lipinski definition) is 6. The van der Waals surface area contributed by atoms with Crippen LogP contribution >= 0.6 is 0 Å². The van der Waals surface area contributed by atoms with Crippen LogP contribution in [0, 0.1) is 0 Å². The minimum Gasteiger partial charge on any atom is -0.381 e. The molecule has 0 bridgehead atoms. The standard InChI is InChI=1S/C17H29N5O/c1-16(2)8-12(9-17(3,4)22-16)19-14-7-13(20-15(18)21-14)11-5-6-23-10-11/h7,11-12,22H,5-6,8-10H2,1-4H3,(H3,18,19,20,21)/t11-/m1/s1. The monoisotopic (exact) mass is 319 g/mol. The van der Waals surface area contributed by atoms with Gasteiger partial charge in [0.25, 0.3) is 0 Å². The Bertz CT molecular complexity index is 550. The van der Waals surface area contributed by atoms with E-state index < -0.39 is 0 Å². The second-order valence-corrected chi connectivity index (χ2v) is 8.24. The van der Waals surface area contributed by atoms with Crippen LogP contribution < -0.4 is 16.4 Å². The summed E-state index contributed by atoms with van der Waals surface area (Å²) in [5.41, 5.74) is 7.11. The van der Waals surface area contributed by atoms with Gasteiger partial charge in [-0.25, -0.2) is 4.98 Å². The smallest absolute Gasteiger partial charge is 0.222 e. The maximum absolute atomic E-state index is 5.92. The first-order valence-corrected chi connectivity index (χ1v) is 8.51. The van der Waals surface area contributed by atoms with Crippen molar-refractivity contribution in [3.63, 3.8) is 0 Å². The van der Waals surface area contributed by atoms with Gasteiger partial charge in [0, 0.05) is 35.7 Å². The number of aromatic nitrogens is 2. The molecule has 3 rings (SSSR count). The van der Waals surface area contributed by atoms with E-state index in [4.69, 9.17) is 10.5 Å². The van der Waals surface area contributed by atoms with E-state index in [0.717, 1.165) is 44.0 Å². The van der Waals surface area contributed by atoms with Crippen molar-refractivity contribution in [2.24, 2.45) is 0 Å². The van der Waals surface area contributed by atoms with Crippen LogP contribution in [-0.4, -0.2) is 40.3 Å². The number of nitrogens with one attached hydrogen (secondary N) is 2. The summed E-state index contributed by atoms with van der Waals surface area (Å²) in [5.74, 6) is 1.50. The van der Waals surface area contributed by atoms with E-state index in [2.05, 4.69) is 48.3 Å². The molecular formula is C17H29N5O. The summed E-state index contributed by atoms with van der Waals surface area (Å²) in [6, 6.07) is 2.40. The van der Waals surface area contributed by atoms with Gasteiger partial charge in [0.05, 0.1) is 12.3 Å². The molecule has 128 valence electrons. The zero-order valence-electron chi connectivity index (χ0n) is 14.6. The van der Waals surface area contributed by atoms with Crippen LogP contribution in [0.25, 0.3) is 0 Å². The lowest BCUT2D eigenvalue weighted by molar-refractivity contribution is 0.170. The number of ether oxygens (including phenoxy) is 1. The first-order chi connectivity index (χ1) is 10.7. The van der Waals surface area contributed by atoms with E-state index in [9.17, 15) is 0 Å². The molecule has 2 aliphatic heterocycles. The maximum Gasteiger partial charge on any atom is 0.222 e. The number of anilines is 2. The fourth-order valence-corrected chi connectivity index (χ4v) is 4.17. The molecule has 1 aromatic rings. The molecule has 2 saturated heterocycles. The van der Waals surface area contributed by atoms with Gasteiger partial charge in [-0.1, -0.05) is 0 Å². The predicted octanol–water partition coefficient (Wildman–Crippen LogP) is 2.28. The van der Waals surface area contributed by atoms with E-state index in [0.29, 0.717) is 17.9 Å². The minimum absolute atomic E-state index is 0.0973. The van der Waals surface area contributed by atoms with Crippen LogP contribution in [0.15, 0.2) is 6.07 Å². The summed E-state index contributed by atoms with van der Waals surface area (Å²) in [6.45, 7) is 10.5. The Morgan fingerprint density at radius 2 is 1.91 bits per heavy atom. The van der Waals surface area contributed by atoms with Gasteiger partial charge in [-0.05, 0) is 47.0 Å². The fraction of sp³-hybridized carbons (Fsp3) is 0.765. The Labute approximate surface area is 138 Å². The third-order valence-electron chi connectivity index (χ3n) is 4.65. The number of nitrogens with zero attached hydrogens (tertiary/aromatic N) is 2. The summed E-state index contributed by atoms with van der Waals surface area (Å²) in [7, 11) is 0. The normalized spacial score (nSPS) is 27.0. The summed E-state index contributed by atoms with van der Waals surface area (Å²) in [4.78, 5) is 8.79. The molecule has 0 saturated carbocycles. The largest absolute Gasteiger partial charge is 0.381 e. The van der Waals surface area contributed by atoms with E-state index >= 15 is 0 Å². The minimum atomic E-state index is 0.0973. The van der Waals surface area contributed by atoms with Gasteiger partial charge in [0.15, 0.2) is 0 Å². The number of rotatable bonds is 3. The number of piperidine rings is 1. The second-order valence-electron chi connectivity index (χ2n) is 8.24. The van der Waals surface area contributed by atoms with Crippen LogP contribution in [-0.2, 0) is 4.74 Å². The Hall–Kier alpha value is -1.40. The molecule has 6 heteroatoms. The van der Waals surface area contributed by atoms with E-state index in [-0.39, 0.29) is 11.1 Å². The molecule has 0 aromatic carbocycles. The molecule has 2 aliphatic rings. The topological polar surface area (TPSA) is 85.1 Å². The van der Waals surface area contributed by atoms with Crippen LogP contribution in [0.1, 0.15) is 58.6 Å². The van der Waals surface area contributed by atoms with E-state index in [1.165, 1.54) is 0 Å². The van der Waals surface area contributed by atoms with Gasteiger partial charge >= 0.3 is 0 Å². The molecule has 1 aromatic heterocycles. The lowest BCUT2D eigenvalue weighted by Gasteiger charge is -2.46. The molecule has 3 heterocycles. The lowest BCUT2D eigenvalue weighted by Crippen LogP contribution is -2.60. The van der Waals surface area contributed by atoms with Gasteiger partial charge in [0.2, 0.25) is 5.95 Å². The lowest BCUT2D eigenvalue weighted by atomic mass is 9.79. The highest BCUT2D eigenvalue weighted by atomic mass is 16.5. The molecular weight excluding hydrogens is 290 g/mol. The van der Waals surface area contributed by atoms with Gasteiger partial charge < -0.3 is 21.1 Å². The first-order valence-electron chi connectivity index (χ1n) is 8.51. The van der Waals surface area contributed by atoms with E-state index in [1.54, 1.807) is 0 Å². The highest BCUT2D eigenvalue weighted by Gasteiger charge is 2.37. The Kier molecular flexibility index (Phi) is 4.23. The van der Waals surface area contributed by atoms with Gasteiger partial charge in [-0.3, -0.25) is 0 Å². The quantitative estimate of drug-likeness (QED) is 0.792. The Morgan fingerprint density at radius 1 is 1.22 bits per heavy atom. The van der Waals surface area contributed by atoms with Crippen molar-refractivity contribution < 1.29 is 4.74 Å². The van der Waals surface area contributed by atoms with Crippen molar-refractivity contribution >= 4 is 11.8 Å². The Balaban J connectivity index is 1.76. The van der Waals surface area contributed by atoms with Gasteiger partial charge in [0.1, 0.15) is 5.82 Å². The number of hydrogen-bond donors (Lipinski definition) is 3. The SMILES string of the molecule is CC1(C)CC(Nc2cc([C@@H]3CCOC3)nc(N)n2)CC(C)(C)N1.